The fourth-order valence-electron chi connectivity index (χ4n) is 5.37. The zero-order valence-corrected chi connectivity index (χ0v) is 22.7. The van der Waals surface area contributed by atoms with Crippen LogP contribution in [0.5, 0.6) is 17.2 Å². The predicted octanol–water partition coefficient (Wildman–Crippen LogP) is 4.54. The van der Waals surface area contributed by atoms with Crippen LogP contribution in [0.3, 0.4) is 0 Å². The monoisotopic (exact) mass is 552 g/mol. The molecule has 0 aliphatic carbocycles. The topological polar surface area (TPSA) is 120 Å². The molecule has 9 heteroatoms. The Morgan fingerprint density at radius 2 is 1.85 bits per heavy atom. The Bertz CT molecular complexity index is 1550. The van der Waals surface area contributed by atoms with Gasteiger partial charge in [-0.3, -0.25) is 9.59 Å². The van der Waals surface area contributed by atoms with Gasteiger partial charge in [0.25, 0.3) is 5.91 Å². The second kappa shape index (κ2) is 11.9. The van der Waals surface area contributed by atoms with Crippen molar-refractivity contribution in [2.45, 2.75) is 38.3 Å². The zero-order chi connectivity index (χ0) is 28.2. The lowest BCUT2D eigenvalue weighted by atomic mass is 9.87. The lowest BCUT2D eigenvalue weighted by Gasteiger charge is -2.37. The first-order valence-corrected chi connectivity index (χ1v) is 13.9. The minimum Gasteiger partial charge on any atom is -0.494 e. The molecule has 3 aromatic carbocycles. The van der Waals surface area contributed by atoms with E-state index < -0.39 is 0 Å². The van der Waals surface area contributed by atoms with Gasteiger partial charge in [-0.25, -0.2) is 4.98 Å². The first kappa shape index (κ1) is 26.6. The van der Waals surface area contributed by atoms with Crippen LogP contribution in [0.1, 0.15) is 57.5 Å². The van der Waals surface area contributed by atoms with Crippen molar-refractivity contribution in [3.8, 4) is 17.2 Å². The van der Waals surface area contributed by atoms with Crippen LogP contribution in [0, 0.1) is 0 Å². The molecular weight excluding hydrogens is 520 g/mol. The molecule has 0 radical (unpaired) electrons. The maximum atomic E-state index is 13.7. The second-order valence-corrected chi connectivity index (χ2v) is 10.2. The smallest absolute Gasteiger partial charge is 0.276 e. The number of carbonyl (C=O) groups is 2. The average Bonchev–Trinajstić information content (AvgIpc) is 3.49. The van der Waals surface area contributed by atoms with Crippen LogP contribution in [0.25, 0.3) is 0 Å². The number of nitrogens with two attached hydrogens (primary N) is 1. The minimum absolute atomic E-state index is 0.0160. The molecule has 210 valence electrons. The molecule has 0 saturated heterocycles. The highest BCUT2D eigenvalue weighted by molar-refractivity contribution is 5.93. The van der Waals surface area contributed by atoms with Crippen LogP contribution >= 0.6 is 0 Å². The Labute approximate surface area is 238 Å². The summed E-state index contributed by atoms with van der Waals surface area (Å²) in [5.41, 5.74) is 10.0. The van der Waals surface area contributed by atoms with E-state index in [1.54, 1.807) is 0 Å². The molecule has 1 unspecified atom stereocenters. The van der Waals surface area contributed by atoms with Gasteiger partial charge in [0.15, 0.2) is 5.69 Å². The number of oxazole rings is 1. The number of ether oxygens (including phenoxy) is 2. The van der Waals surface area contributed by atoms with Crippen LogP contribution < -0.4 is 20.5 Å². The second-order valence-electron chi connectivity index (χ2n) is 10.2. The fraction of sp³-hybridized carbons (Fsp3) is 0.281. The highest BCUT2D eigenvalue weighted by atomic mass is 16.5. The lowest BCUT2D eigenvalue weighted by molar-refractivity contribution is -0.121. The number of benzene rings is 3. The van der Waals surface area contributed by atoms with E-state index in [4.69, 9.17) is 19.6 Å². The fourth-order valence-corrected chi connectivity index (χ4v) is 5.37. The van der Waals surface area contributed by atoms with Gasteiger partial charge in [0.2, 0.25) is 11.8 Å². The molecule has 1 atom stereocenters. The van der Waals surface area contributed by atoms with Gasteiger partial charge in [0.05, 0.1) is 19.2 Å². The number of rotatable bonds is 2. The summed E-state index contributed by atoms with van der Waals surface area (Å²) < 4.78 is 17.6. The van der Waals surface area contributed by atoms with Gasteiger partial charge < -0.3 is 29.8 Å². The average molecular weight is 553 g/mol. The normalized spacial score (nSPS) is 17.2. The summed E-state index contributed by atoms with van der Waals surface area (Å²) >= 11 is 0. The maximum Gasteiger partial charge on any atom is 0.276 e. The van der Waals surface area contributed by atoms with E-state index in [1.807, 2.05) is 71.6 Å². The van der Waals surface area contributed by atoms with Gasteiger partial charge in [-0.2, -0.15) is 0 Å². The Kier molecular flexibility index (Phi) is 7.69. The third kappa shape index (κ3) is 5.95. The number of hydrogen-bond donors (Lipinski definition) is 2. The van der Waals surface area contributed by atoms with E-state index in [9.17, 15) is 9.59 Å². The third-order valence-electron chi connectivity index (χ3n) is 7.43. The molecule has 8 bridgehead atoms. The van der Waals surface area contributed by atoms with Crippen molar-refractivity contribution < 1.29 is 23.5 Å². The molecule has 9 nitrogen and oxygen atoms in total. The molecular formula is C32H32N4O5. The molecule has 5 aliphatic heterocycles. The van der Waals surface area contributed by atoms with Crippen molar-refractivity contribution in [3.05, 3.63) is 107 Å². The van der Waals surface area contributed by atoms with Gasteiger partial charge in [-0.15, -0.1) is 0 Å². The highest BCUT2D eigenvalue weighted by Gasteiger charge is 2.34. The number of nitrogens with one attached hydrogen (secondary N) is 1. The third-order valence-corrected chi connectivity index (χ3v) is 7.43. The summed E-state index contributed by atoms with van der Waals surface area (Å²) in [5, 5.41) is 2.97. The summed E-state index contributed by atoms with van der Waals surface area (Å²) in [4.78, 5) is 32.1. The maximum absolute atomic E-state index is 13.7. The predicted molar refractivity (Wildman–Crippen MR) is 152 cm³/mol. The molecule has 3 N–H and O–H groups in total. The highest BCUT2D eigenvalue weighted by Crippen LogP contribution is 2.39. The Morgan fingerprint density at radius 3 is 2.68 bits per heavy atom. The van der Waals surface area contributed by atoms with E-state index in [-0.39, 0.29) is 30.1 Å². The molecule has 0 saturated carbocycles. The molecule has 9 rings (SSSR count). The summed E-state index contributed by atoms with van der Waals surface area (Å²) in [5.74, 6) is 2.26. The SMILES string of the molecule is NCc1nc(C(=O)N2CCc3cc4ccc3C2c2cccc(c2)OCCCNC(=O)CCc2ccc(cc2)O4)co1. The van der Waals surface area contributed by atoms with Crippen molar-refractivity contribution in [1.29, 1.82) is 0 Å². The van der Waals surface area contributed by atoms with Crippen LogP contribution in [-0.2, 0) is 24.2 Å². The van der Waals surface area contributed by atoms with Crippen LogP contribution in [-0.4, -0.2) is 41.4 Å². The van der Waals surface area contributed by atoms with Gasteiger partial charge >= 0.3 is 0 Å². The Balaban J connectivity index is 1.37. The van der Waals surface area contributed by atoms with Crippen molar-refractivity contribution in [2.75, 3.05) is 19.7 Å². The van der Waals surface area contributed by atoms with Crippen LogP contribution in [0.15, 0.2) is 77.4 Å². The Hall–Kier alpha value is -4.63. The molecule has 41 heavy (non-hydrogen) atoms. The molecule has 4 aromatic rings. The summed E-state index contributed by atoms with van der Waals surface area (Å²) in [6, 6.07) is 21.3. The Morgan fingerprint density at radius 1 is 1.00 bits per heavy atom. The van der Waals surface area contributed by atoms with Crippen LogP contribution in [0.2, 0.25) is 0 Å². The summed E-state index contributed by atoms with van der Waals surface area (Å²) in [6.45, 7) is 1.60. The number of hydrogen-bond acceptors (Lipinski definition) is 7. The van der Waals surface area contributed by atoms with Gasteiger partial charge in [-0.1, -0.05) is 30.3 Å². The number of aromatic nitrogens is 1. The number of carbonyl (C=O) groups excluding carboxylic acids is 2. The van der Waals surface area contributed by atoms with Crippen molar-refractivity contribution in [2.24, 2.45) is 5.73 Å². The largest absolute Gasteiger partial charge is 0.494 e. The van der Waals surface area contributed by atoms with Gasteiger partial charge in [0.1, 0.15) is 23.5 Å². The number of aryl methyl sites for hydroxylation is 1. The summed E-state index contributed by atoms with van der Waals surface area (Å²) in [6.07, 6.45) is 3.79. The van der Waals surface area contributed by atoms with Gasteiger partial charge in [-0.05, 0) is 77.9 Å². The zero-order valence-electron chi connectivity index (χ0n) is 22.7. The molecule has 0 spiro atoms. The van der Waals surface area contributed by atoms with Crippen molar-refractivity contribution in [3.63, 3.8) is 0 Å². The van der Waals surface area contributed by atoms with Gasteiger partial charge in [0, 0.05) is 19.5 Å². The first-order valence-electron chi connectivity index (χ1n) is 13.9. The first-order chi connectivity index (χ1) is 20.1. The molecule has 1 aromatic heterocycles. The minimum atomic E-state index is -0.366. The quantitative estimate of drug-likeness (QED) is 0.375. The molecule has 2 amide bonds. The van der Waals surface area contributed by atoms with E-state index in [2.05, 4.69) is 10.3 Å². The van der Waals surface area contributed by atoms with E-state index in [0.29, 0.717) is 57.0 Å². The molecule has 6 heterocycles. The lowest BCUT2D eigenvalue weighted by Crippen LogP contribution is -2.40. The van der Waals surface area contributed by atoms with Crippen LogP contribution in [0.4, 0.5) is 0 Å². The summed E-state index contributed by atoms with van der Waals surface area (Å²) in [7, 11) is 0. The number of amides is 2. The van der Waals surface area contributed by atoms with E-state index in [1.165, 1.54) is 6.26 Å². The molecule has 5 aliphatic rings. The van der Waals surface area contributed by atoms with Crippen molar-refractivity contribution >= 4 is 11.8 Å². The van der Waals surface area contributed by atoms with E-state index >= 15 is 0 Å². The van der Waals surface area contributed by atoms with E-state index in [0.717, 1.165) is 33.8 Å². The standard InChI is InChI=1S/C32H32N4O5/c33-19-30-35-28(20-40-30)32(38)36-15-13-22-17-26-10-11-27(22)31(36)23-3-1-4-25(18-23)39-16-2-14-34-29(37)12-7-21-5-8-24(41-26)9-6-21/h1,3-6,8-11,17-18,20,31H,2,7,12-16,19,33H2,(H,34,37). The number of nitrogens with zero attached hydrogens (tertiary/aromatic N) is 2. The molecule has 0 fully saturated rings. The van der Waals surface area contributed by atoms with Crippen molar-refractivity contribution in [1.82, 2.24) is 15.2 Å².